The van der Waals surface area contributed by atoms with Crippen molar-refractivity contribution >= 4 is 17.7 Å². The third kappa shape index (κ3) is 4.25. The summed E-state index contributed by atoms with van der Waals surface area (Å²) in [5, 5.41) is 0.537. The number of carbonyl (C=O) groups excluding carboxylic acids is 1. The van der Waals surface area contributed by atoms with Gasteiger partial charge in [-0.25, -0.2) is 0 Å². The van der Waals surface area contributed by atoms with Crippen molar-refractivity contribution in [3.05, 3.63) is 29.8 Å². The zero-order chi connectivity index (χ0) is 13.8. The van der Waals surface area contributed by atoms with Crippen LogP contribution in [0.25, 0.3) is 0 Å². The molecule has 0 fully saturated rings. The maximum Gasteiger partial charge on any atom is 0.231 e. The van der Waals surface area contributed by atoms with E-state index in [1.807, 2.05) is 11.8 Å². The number of amides is 1. The van der Waals surface area contributed by atoms with E-state index in [1.165, 1.54) is 10.5 Å². The van der Waals surface area contributed by atoms with Gasteiger partial charge in [0.1, 0.15) is 0 Å². The molecule has 19 heavy (non-hydrogen) atoms. The number of primary amides is 1. The van der Waals surface area contributed by atoms with Gasteiger partial charge in [-0.3, -0.25) is 9.69 Å². The van der Waals surface area contributed by atoms with Crippen molar-refractivity contribution in [2.75, 3.05) is 19.6 Å². The minimum Gasteiger partial charge on any atom is -0.369 e. The van der Waals surface area contributed by atoms with Crippen LogP contribution in [-0.4, -0.2) is 35.7 Å². The molecule has 0 radical (unpaired) electrons. The molecule has 1 heterocycles. The van der Waals surface area contributed by atoms with Crippen LogP contribution < -0.4 is 5.73 Å². The number of fused-ring (bicyclic) bond motifs is 1. The first-order valence-corrected chi connectivity index (χ1v) is 7.67. The van der Waals surface area contributed by atoms with Crippen molar-refractivity contribution in [1.29, 1.82) is 0 Å². The van der Waals surface area contributed by atoms with Crippen LogP contribution >= 0.6 is 11.8 Å². The van der Waals surface area contributed by atoms with E-state index < -0.39 is 0 Å². The van der Waals surface area contributed by atoms with E-state index in [9.17, 15) is 4.79 Å². The van der Waals surface area contributed by atoms with Crippen molar-refractivity contribution in [2.45, 2.75) is 30.4 Å². The summed E-state index contributed by atoms with van der Waals surface area (Å²) >= 11 is 1.92. The molecule has 1 aromatic rings. The van der Waals surface area contributed by atoms with Crippen LogP contribution in [0.5, 0.6) is 0 Å². The van der Waals surface area contributed by atoms with Crippen LogP contribution in [0.3, 0.4) is 0 Å². The summed E-state index contributed by atoms with van der Waals surface area (Å²) in [6.07, 6.45) is 1.09. The van der Waals surface area contributed by atoms with Crippen molar-refractivity contribution in [3.63, 3.8) is 0 Å². The number of hydrogen-bond acceptors (Lipinski definition) is 3. The highest BCUT2D eigenvalue weighted by molar-refractivity contribution is 8.00. The summed E-state index contributed by atoms with van der Waals surface area (Å²) < 4.78 is 0. The standard InChI is InChI=1S/C15H22N2OS/c1-11(2)8-17(10-15(16)18)9-13-7-12-5-3-4-6-14(12)19-13/h3-6,11,13H,7-10H2,1-2H3,(H2,16,18). The predicted octanol–water partition coefficient (Wildman–Crippen LogP) is 2.15. The number of hydrogen-bond donors (Lipinski definition) is 1. The Kier molecular flexibility index (Phi) is 4.88. The van der Waals surface area contributed by atoms with Crippen LogP contribution in [0, 0.1) is 5.92 Å². The SMILES string of the molecule is CC(C)CN(CC(N)=O)CC1Cc2ccccc2S1. The predicted molar refractivity (Wildman–Crippen MR) is 80.3 cm³/mol. The number of benzene rings is 1. The number of nitrogens with zero attached hydrogens (tertiary/aromatic N) is 1. The molecule has 0 saturated carbocycles. The minimum atomic E-state index is -0.235. The maximum absolute atomic E-state index is 11.2. The zero-order valence-electron chi connectivity index (χ0n) is 11.6. The molecule has 1 unspecified atom stereocenters. The number of thioether (sulfide) groups is 1. The molecular formula is C15H22N2OS. The molecule has 1 atom stereocenters. The average molecular weight is 278 g/mol. The van der Waals surface area contributed by atoms with Gasteiger partial charge in [-0.05, 0) is 24.0 Å². The Hall–Kier alpha value is -1.00. The Balaban J connectivity index is 1.94. The normalized spacial score (nSPS) is 18.0. The molecule has 0 spiro atoms. The van der Waals surface area contributed by atoms with Gasteiger partial charge in [0, 0.05) is 23.2 Å². The van der Waals surface area contributed by atoms with E-state index in [-0.39, 0.29) is 5.91 Å². The van der Waals surface area contributed by atoms with E-state index in [2.05, 4.69) is 43.0 Å². The molecule has 2 N–H and O–H groups in total. The smallest absolute Gasteiger partial charge is 0.231 e. The molecule has 2 rings (SSSR count). The Morgan fingerprint density at radius 1 is 1.47 bits per heavy atom. The summed E-state index contributed by atoms with van der Waals surface area (Å²) in [5.74, 6) is 0.314. The summed E-state index contributed by atoms with van der Waals surface area (Å²) in [5.41, 5.74) is 6.77. The minimum absolute atomic E-state index is 0.235. The fourth-order valence-corrected chi connectivity index (χ4v) is 3.95. The van der Waals surface area contributed by atoms with E-state index >= 15 is 0 Å². The van der Waals surface area contributed by atoms with Crippen molar-refractivity contribution in [1.82, 2.24) is 4.90 Å². The number of carbonyl (C=O) groups is 1. The molecule has 0 aromatic heterocycles. The molecule has 0 saturated heterocycles. The molecule has 4 heteroatoms. The molecule has 1 aliphatic heterocycles. The largest absolute Gasteiger partial charge is 0.369 e. The second-order valence-electron chi connectivity index (χ2n) is 5.61. The maximum atomic E-state index is 11.2. The van der Waals surface area contributed by atoms with E-state index in [4.69, 9.17) is 5.73 Å². The third-order valence-corrected chi connectivity index (χ3v) is 4.48. The highest BCUT2D eigenvalue weighted by atomic mass is 32.2. The Bertz CT molecular complexity index is 423. The van der Waals surface area contributed by atoms with Crippen LogP contribution in [0.2, 0.25) is 0 Å². The molecule has 1 amide bonds. The fraction of sp³-hybridized carbons (Fsp3) is 0.533. The van der Waals surface area contributed by atoms with Crippen LogP contribution in [0.4, 0.5) is 0 Å². The summed E-state index contributed by atoms with van der Waals surface area (Å²) in [7, 11) is 0. The lowest BCUT2D eigenvalue weighted by Crippen LogP contribution is -2.40. The van der Waals surface area contributed by atoms with Gasteiger partial charge in [-0.1, -0.05) is 32.0 Å². The quantitative estimate of drug-likeness (QED) is 0.867. The highest BCUT2D eigenvalue weighted by Gasteiger charge is 2.24. The van der Waals surface area contributed by atoms with Crippen LogP contribution in [0.1, 0.15) is 19.4 Å². The third-order valence-electron chi connectivity index (χ3n) is 3.18. The molecular weight excluding hydrogens is 256 g/mol. The summed E-state index contributed by atoms with van der Waals surface area (Å²) in [6, 6.07) is 8.56. The first-order chi connectivity index (χ1) is 9.04. The summed E-state index contributed by atoms with van der Waals surface area (Å²) in [4.78, 5) is 14.7. The zero-order valence-corrected chi connectivity index (χ0v) is 12.5. The average Bonchev–Trinajstić information content (AvgIpc) is 2.68. The van der Waals surface area contributed by atoms with Crippen molar-refractivity contribution in [2.24, 2.45) is 11.7 Å². The molecule has 0 aliphatic carbocycles. The fourth-order valence-electron chi connectivity index (χ4n) is 2.58. The van der Waals surface area contributed by atoms with Gasteiger partial charge in [-0.2, -0.15) is 0 Å². The lowest BCUT2D eigenvalue weighted by molar-refractivity contribution is -0.119. The van der Waals surface area contributed by atoms with Gasteiger partial charge < -0.3 is 5.73 Å². The summed E-state index contributed by atoms with van der Waals surface area (Å²) in [6.45, 7) is 6.57. The molecule has 104 valence electrons. The Morgan fingerprint density at radius 3 is 2.84 bits per heavy atom. The van der Waals surface area contributed by atoms with E-state index in [0.717, 1.165) is 19.5 Å². The lowest BCUT2D eigenvalue weighted by Gasteiger charge is -2.25. The van der Waals surface area contributed by atoms with Crippen LogP contribution in [-0.2, 0) is 11.2 Å². The first-order valence-electron chi connectivity index (χ1n) is 6.80. The molecule has 1 aliphatic rings. The van der Waals surface area contributed by atoms with Gasteiger partial charge in [0.2, 0.25) is 5.91 Å². The monoisotopic (exact) mass is 278 g/mol. The van der Waals surface area contributed by atoms with Gasteiger partial charge in [0.05, 0.1) is 6.54 Å². The van der Waals surface area contributed by atoms with Gasteiger partial charge in [-0.15, -0.1) is 11.8 Å². The van der Waals surface area contributed by atoms with Crippen LogP contribution in [0.15, 0.2) is 29.2 Å². The number of nitrogens with two attached hydrogens (primary N) is 1. The second kappa shape index (κ2) is 6.44. The first kappa shape index (κ1) is 14.4. The Labute approximate surface area is 119 Å². The second-order valence-corrected chi connectivity index (χ2v) is 6.95. The Morgan fingerprint density at radius 2 is 2.21 bits per heavy atom. The highest BCUT2D eigenvalue weighted by Crippen LogP contribution is 2.37. The van der Waals surface area contributed by atoms with Gasteiger partial charge in [0.15, 0.2) is 0 Å². The van der Waals surface area contributed by atoms with E-state index in [1.54, 1.807) is 0 Å². The van der Waals surface area contributed by atoms with E-state index in [0.29, 0.717) is 17.7 Å². The van der Waals surface area contributed by atoms with Crippen molar-refractivity contribution < 1.29 is 4.79 Å². The molecule has 1 aromatic carbocycles. The van der Waals surface area contributed by atoms with Gasteiger partial charge >= 0.3 is 0 Å². The topological polar surface area (TPSA) is 46.3 Å². The molecule has 0 bridgehead atoms. The van der Waals surface area contributed by atoms with Crippen molar-refractivity contribution in [3.8, 4) is 0 Å². The molecule has 3 nitrogen and oxygen atoms in total. The number of rotatable bonds is 6. The lowest BCUT2D eigenvalue weighted by atomic mass is 10.1. The van der Waals surface area contributed by atoms with Gasteiger partial charge in [0.25, 0.3) is 0 Å².